The molecule has 35 heavy (non-hydrogen) atoms. The lowest BCUT2D eigenvalue weighted by molar-refractivity contribution is -0.137. The molecule has 0 unspecified atom stereocenters. The number of hydrogen-bond acceptors (Lipinski definition) is 4. The van der Waals surface area contributed by atoms with E-state index in [0.717, 1.165) is 23.4 Å². The number of piperazine rings is 1. The summed E-state index contributed by atoms with van der Waals surface area (Å²) < 4.78 is 40.9. The third kappa shape index (κ3) is 5.23. The summed E-state index contributed by atoms with van der Waals surface area (Å²) in [4.78, 5) is 28.5. The smallest absolute Gasteiger partial charge is 0.368 e. The van der Waals surface area contributed by atoms with Gasteiger partial charge in [-0.25, -0.2) is 4.68 Å². The van der Waals surface area contributed by atoms with E-state index in [1.54, 1.807) is 24.8 Å². The Kier molecular flexibility index (Phi) is 6.69. The van der Waals surface area contributed by atoms with Gasteiger partial charge in [-0.05, 0) is 63.2 Å². The number of hydrogen-bond donors (Lipinski definition) is 0. The molecular formula is C26H27F3N4O2. The van der Waals surface area contributed by atoms with Gasteiger partial charge in [-0.3, -0.25) is 9.59 Å². The first-order valence-corrected chi connectivity index (χ1v) is 11.4. The van der Waals surface area contributed by atoms with Crippen LogP contribution in [0.15, 0.2) is 48.5 Å². The molecule has 1 aliphatic rings. The summed E-state index contributed by atoms with van der Waals surface area (Å²) in [5.74, 6) is -0.0136. The number of carbonyl (C=O) groups is 2. The average Bonchev–Trinajstić information content (AvgIpc) is 3.12. The molecule has 1 aliphatic heterocycles. The number of nitrogens with zero attached hydrogens (tertiary/aromatic N) is 4. The van der Waals surface area contributed by atoms with Crippen LogP contribution in [0, 0.1) is 13.8 Å². The Labute approximate surface area is 202 Å². The second-order valence-electron chi connectivity index (χ2n) is 8.76. The first kappa shape index (κ1) is 24.5. The van der Waals surface area contributed by atoms with Crippen LogP contribution in [0.2, 0.25) is 0 Å². The largest absolute Gasteiger partial charge is 0.416 e. The quantitative estimate of drug-likeness (QED) is 0.497. The molecule has 4 rings (SSSR count). The van der Waals surface area contributed by atoms with Crippen LogP contribution < -0.4 is 4.90 Å². The highest BCUT2D eigenvalue weighted by Crippen LogP contribution is 2.31. The lowest BCUT2D eigenvalue weighted by Gasteiger charge is -2.36. The van der Waals surface area contributed by atoms with E-state index in [4.69, 9.17) is 0 Å². The fourth-order valence-electron chi connectivity index (χ4n) is 4.38. The van der Waals surface area contributed by atoms with Crippen molar-refractivity contribution in [3.8, 4) is 5.69 Å². The number of carbonyl (C=O) groups excluding carboxylic acids is 2. The number of aryl methyl sites for hydroxylation is 1. The maximum Gasteiger partial charge on any atom is 0.416 e. The summed E-state index contributed by atoms with van der Waals surface area (Å²) >= 11 is 0. The zero-order chi connectivity index (χ0) is 25.3. The van der Waals surface area contributed by atoms with E-state index in [2.05, 4.69) is 10.00 Å². The van der Waals surface area contributed by atoms with E-state index in [1.807, 2.05) is 24.3 Å². The molecule has 1 amide bonds. The standard InChI is InChI=1S/C26H27F3N4O2/c1-17-24(18(2)33(30-17)23-6-4-5-21(15-23)26(27,28)29)16-25(35)32-13-11-31(12-14-32)22-9-7-20(8-10-22)19(3)34/h4-10,15H,11-14,16H2,1-3H3. The van der Waals surface area contributed by atoms with Crippen LogP contribution in [-0.2, 0) is 17.4 Å². The minimum absolute atomic E-state index is 0.0222. The van der Waals surface area contributed by atoms with Gasteiger partial charge in [0.2, 0.25) is 5.91 Å². The molecule has 2 aromatic carbocycles. The van der Waals surface area contributed by atoms with E-state index < -0.39 is 11.7 Å². The highest BCUT2D eigenvalue weighted by molar-refractivity contribution is 5.94. The molecule has 9 heteroatoms. The zero-order valence-corrected chi connectivity index (χ0v) is 19.9. The van der Waals surface area contributed by atoms with Crippen molar-refractivity contribution in [1.82, 2.24) is 14.7 Å². The molecule has 3 aromatic rings. The molecule has 184 valence electrons. The van der Waals surface area contributed by atoms with E-state index in [0.29, 0.717) is 48.8 Å². The van der Waals surface area contributed by atoms with Gasteiger partial charge in [-0.15, -0.1) is 0 Å². The summed E-state index contributed by atoms with van der Waals surface area (Å²) in [7, 11) is 0. The van der Waals surface area contributed by atoms with Gasteiger partial charge in [0.15, 0.2) is 5.78 Å². The molecule has 0 saturated carbocycles. The van der Waals surface area contributed by atoms with Gasteiger partial charge in [0.1, 0.15) is 0 Å². The molecular weight excluding hydrogens is 457 g/mol. The van der Waals surface area contributed by atoms with Crippen LogP contribution in [0.25, 0.3) is 5.69 Å². The van der Waals surface area contributed by atoms with Crippen molar-refractivity contribution in [3.63, 3.8) is 0 Å². The van der Waals surface area contributed by atoms with Crippen LogP contribution in [0.5, 0.6) is 0 Å². The highest BCUT2D eigenvalue weighted by atomic mass is 19.4. The Hall–Kier alpha value is -3.62. The van der Waals surface area contributed by atoms with Crippen LogP contribution in [0.1, 0.15) is 39.8 Å². The third-order valence-corrected chi connectivity index (χ3v) is 6.46. The molecule has 0 atom stereocenters. The van der Waals surface area contributed by atoms with E-state index >= 15 is 0 Å². The summed E-state index contributed by atoms with van der Waals surface area (Å²) in [5, 5.41) is 4.42. The van der Waals surface area contributed by atoms with Gasteiger partial charge >= 0.3 is 6.18 Å². The van der Waals surface area contributed by atoms with Crippen LogP contribution in [-0.4, -0.2) is 52.5 Å². The van der Waals surface area contributed by atoms with Gasteiger partial charge in [0.05, 0.1) is 23.4 Å². The van der Waals surface area contributed by atoms with Crippen LogP contribution >= 0.6 is 0 Å². The monoisotopic (exact) mass is 484 g/mol. The minimum atomic E-state index is -4.44. The van der Waals surface area contributed by atoms with E-state index in [1.165, 1.54) is 17.7 Å². The highest BCUT2D eigenvalue weighted by Gasteiger charge is 2.31. The van der Waals surface area contributed by atoms with Crippen molar-refractivity contribution in [3.05, 3.63) is 76.6 Å². The average molecular weight is 485 g/mol. The molecule has 1 aromatic heterocycles. The number of rotatable bonds is 5. The third-order valence-electron chi connectivity index (χ3n) is 6.46. The summed E-state index contributed by atoms with van der Waals surface area (Å²) in [6.45, 7) is 7.54. The number of aromatic nitrogens is 2. The predicted octanol–water partition coefficient (Wildman–Crippen LogP) is 4.60. The van der Waals surface area contributed by atoms with E-state index in [-0.39, 0.29) is 18.1 Å². The minimum Gasteiger partial charge on any atom is -0.368 e. The zero-order valence-electron chi connectivity index (χ0n) is 19.9. The molecule has 0 aliphatic carbocycles. The van der Waals surface area contributed by atoms with Gasteiger partial charge < -0.3 is 9.80 Å². The van der Waals surface area contributed by atoms with E-state index in [9.17, 15) is 22.8 Å². The van der Waals surface area contributed by atoms with Crippen molar-refractivity contribution in [1.29, 1.82) is 0 Å². The molecule has 1 fully saturated rings. The lowest BCUT2D eigenvalue weighted by atomic mass is 10.1. The molecule has 0 spiro atoms. The first-order valence-electron chi connectivity index (χ1n) is 11.4. The summed E-state index contributed by atoms with van der Waals surface area (Å²) in [6.07, 6.45) is -4.30. The second kappa shape index (κ2) is 9.56. The topological polar surface area (TPSA) is 58.4 Å². The number of amides is 1. The number of anilines is 1. The first-order chi connectivity index (χ1) is 16.5. The van der Waals surface area contributed by atoms with Crippen molar-refractivity contribution in [2.45, 2.75) is 33.4 Å². The fraction of sp³-hybridized carbons (Fsp3) is 0.346. The Bertz CT molecular complexity index is 1240. The van der Waals surface area contributed by atoms with Gasteiger partial charge in [-0.2, -0.15) is 18.3 Å². The molecule has 2 heterocycles. The molecule has 6 nitrogen and oxygen atoms in total. The fourth-order valence-corrected chi connectivity index (χ4v) is 4.38. The Morgan fingerprint density at radius 3 is 2.20 bits per heavy atom. The molecule has 0 bridgehead atoms. The van der Waals surface area contributed by atoms with Gasteiger partial charge in [-0.1, -0.05) is 6.07 Å². The maximum atomic E-state index is 13.1. The van der Waals surface area contributed by atoms with Crippen LogP contribution in [0.3, 0.4) is 0 Å². The van der Waals surface area contributed by atoms with Crippen molar-refractivity contribution in [2.75, 3.05) is 31.1 Å². The Morgan fingerprint density at radius 2 is 1.60 bits per heavy atom. The molecule has 1 saturated heterocycles. The van der Waals surface area contributed by atoms with Crippen molar-refractivity contribution < 1.29 is 22.8 Å². The van der Waals surface area contributed by atoms with Crippen molar-refractivity contribution in [2.24, 2.45) is 0 Å². The number of Topliss-reactive ketones (excluding diaryl/α,β-unsaturated/α-hetero) is 1. The van der Waals surface area contributed by atoms with Crippen LogP contribution in [0.4, 0.5) is 18.9 Å². The maximum absolute atomic E-state index is 13.1. The molecule has 0 radical (unpaired) electrons. The summed E-state index contributed by atoms with van der Waals surface area (Å²) in [5.41, 5.74) is 3.25. The second-order valence-corrected chi connectivity index (χ2v) is 8.76. The predicted molar refractivity (Wildman–Crippen MR) is 127 cm³/mol. The number of halogens is 3. The van der Waals surface area contributed by atoms with Gasteiger partial charge in [0, 0.05) is 48.7 Å². The number of ketones is 1. The van der Waals surface area contributed by atoms with Gasteiger partial charge in [0.25, 0.3) is 0 Å². The lowest BCUT2D eigenvalue weighted by Crippen LogP contribution is -2.49. The Balaban J connectivity index is 1.43. The Morgan fingerprint density at radius 1 is 0.943 bits per heavy atom. The normalized spacial score (nSPS) is 14.3. The summed E-state index contributed by atoms with van der Waals surface area (Å²) in [6, 6.07) is 12.5. The molecule has 0 N–H and O–H groups in total. The SMILES string of the molecule is CC(=O)c1ccc(N2CCN(C(=O)Cc3c(C)nn(-c4cccc(C(F)(F)F)c4)c3C)CC2)cc1. The number of alkyl halides is 3. The van der Waals surface area contributed by atoms with Crippen molar-refractivity contribution >= 4 is 17.4 Å². The number of benzene rings is 2.